The SMILES string of the molecule is O=[N+]([O-])c1ccc(Cl)cc1NS(=O)(=O)c1ccc(Br)s1. The van der Waals surface area contributed by atoms with Gasteiger partial charge in [0.15, 0.2) is 0 Å². The van der Waals surface area contributed by atoms with E-state index in [-0.39, 0.29) is 20.6 Å². The van der Waals surface area contributed by atoms with Crippen molar-refractivity contribution < 1.29 is 13.3 Å². The van der Waals surface area contributed by atoms with Crippen LogP contribution in [0.25, 0.3) is 0 Å². The number of nitro benzene ring substituents is 1. The van der Waals surface area contributed by atoms with Gasteiger partial charge in [0.2, 0.25) is 0 Å². The summed E-state index contributed by atoms with van der Waals surface area (Å²) in [5, 5.41) is 11.1. The molecule has 0 saturated heterocycles. The molecule has 0 atom stereocenters. The molecule has 1 aromatic carbocycles. The lowest BCUT2D eigenvalue weighted by Crippen LogP contribution is -2.12. The minimum absolute atomic E-state index is 0.0404. The zero-order chi connectivity index (χ0) is 14.9. The highest BCUT2D eigenvalue weighted by molar-refractivity contribution is 9.11. The van der Waals surface area contributed by atoms with E-state index in [2.05, 4.69) is 20.7 Å². The Hall–Kier alpha value is -1.16. The predicted octanol–water partition coefficient (Wildman–Crippen LogP) is 3.87. The summed E-state index contributed by atoms with van der Waals surface area (Å²) >= 11 is 9.89. The average Bonchev–Trinajstić information content (AvgIpc) is 2.75. The van der Waals surface area contributed by atoms with Gasteiger partial charge in [0.1, 0.15) is 9.90 Å². The van der Waals surface area contributed by atoms with Gasteiger partial charge < -0.3 is 0 Å². The fraction of sp³-hybridized carbons (Fsp3) is 0. The minimum atomic E-state index is -3.89. The van der Waals surface area contributed by atoms with Gasteiger partial charge in [-0.3, -0.25) is 14.8 Å². The molecular weight excluding hydrogens is 392 g/mol. The number of sulfonamides is 1. The normalized spacial score (nSPS) is 11.3. The van der Waals surface area contributed by atoms with Crippen molar-refractivity contribution in [2.24, 2.45) is 0 Å². The molecule has 0 radical (unpaired) electrons. The van der Waals surface area contributed by atoms with Crippen molar-refractivity contribution in [1.29, 1.82) is 0 Å². The number of anilines is 1. The van der Waals surface area contributed by atoms with Crippen molar-refractivity contribution in [2.45, 2.75) is 4.21 Å². The van der Waals surface area contributed by atoms with Crippen LogP contribution >= 0.6 is 38.9 Å². The van der Waals surface area contributed by atoms with E-state index < -0.39 is 14.9 Å². The zero-order valence-electron chi connectivity index (χ0n) is 9.54. The number of hydrogen-bond acceptors (Lipinski definition) is 5. The Morgan fingerprint density at radius 2 is 2.00 bits per heavy atom. The van der Waals surface area contributed by atoms with Crippen molar-refractivity contribution in [3.05, 3.63) is 49.3 Å². The average molecular weight is 398 g/mol. The molecule has 106 valence electrons. The highest BCUT2D eigenvalue weighted by Crippen LogP contribution is 2.32. The maximum Gasteiger partial charge on any atom is 0.293 e. The van der Waals surface area contributed by atoms with E-state index in [4.69, 9.17) is 11.6 Å². The Balaban J connectivity index is 2.44. The molecule has 0 fully saturated rings. The Kier molecular flexibility index (Phi) is 4.33. The van der Waals surface area contributed by atoms with Crippen LogP contribution in [-0.4, -0.2) is 13.3 Å². The number of nitro groups is 1. The first kappa shape index (κ1) is 15.2. The fourth-order valence-electron chi connectivity index (χ4n) is 1.39. The summed E-state index contributed by atoms with van der Waals surface area (Å²) in [6.07, 6.45) is 0. The monoisotopic (exact) mass is 396 g/mol. The molecular formula is C10H6BrClN2O4S2. The standard InChI is InChI=1S/C10H6BrClN2O4S2/c11-9-3-4-10(19-9)20(17,18)13-7-5-6(12)1-2-8(7)14(15)16/h1-5,13H. The van der Waals surface area contributed by atoms with E-state index in [1.165, 1.54) is 18.2 Å². The van der Waals surface area contributed by atoms with Crippen LogP contribution in [0, 0.1) is 10.1 Å². The molecule has 6 nitrogen and oxygen atoms in total. The Morgan fingerprint density at radius 3 is 2.55 bits per heavy atom. The topological polar surface area (TPSA) is 89.3 Å². The van der Waals surface area contributed by atoms with E-state index in [0.717, 1.165) is 17.4 Å². The summed E-state index contributed by atoms with van der Waals surface area (Å²) in [6, 6.07) is 6.63. The van der Waals surface area contributed by atoms with Crippen LogP contribution < -0.4 is 4.72 Å². The first-order valence-electron chi connectivity index (χ1n) is 5.02. The van der Waals surface area contributed by atoms with Gasteiger partial charge in [0.25, 0.3) is 15.7 Å². The molecule has 0 amide bonds. The van der Waals surface area contributed by atoms with Crippen molar-refractivity contribution in [3.63, 3.8) is 0 Å². The van der Waals surface area contributed by atoms with Crippen molar-refractivity contribution in [2.75, 3.05) is 4.72 Å². The lowest BCUT2D eigenvalue weighted by molar-refractivity contribution is -0.383. The summed E-state index contributed by atoms with van der Waals surface area (Å²) in [4.78, 5) is 10.2. The van der Waals surface area contributed by atoms with Crippen LogP contribution in [0.15, 0.2) is 38.3 Å². The number of nitrogens with zero attached hydrogens (tertiary/aromatic N) is 1. The summed E-state index contributed by atoms with van der Waals surface area (Å²) in [5.41, 5.74) is -0.541. The summed E-state index contributed by atoms with van der Waals surface area (Å²) in [5.74, 6) is 0. The zero-order valence-corrected chi connectivity index (χ0v) is 13.5. The van der Waals surface area contributed by atoms with Crippen LogP contribution in [0.4, 0.5) is 11.4 Å². The number of halogens is 2. The van der Waals surface area contributed by atoms with Gasteiger partial charge in [0.05, 0.1) is 8.71 Å². The molecule has 0 aliphatic rings. The van der Waals surface area contributed by atoms with Gasteiger partial charge in [-0.25, -0.2) is 8.42 Å². The highest BCUT2D eigenvalue weighted by Gasteiger charge is 2.22. The second kappa shape index (κ2) is 5.68. The number of rotatable bonds is 4. The van der Waals surface area contributed by atoms with Gasteiger partial charge in [0, 0.05) is 11.1 Å². The Morgan fingerprint density at radius 1 is 1.30 bits per heavy atom. The van der Waals surface area contributed by atoms with Crippen LogP contribution in [-0.2, 0) is 10.0 Å². The molecule has 2 aromatic rings. The molecule has 1 heterocycles. The third-order valence-corrected chi connectivity index (χ3v) is 5.93. The summed E-state index contributed by atoms with van der Waals surface area (Å²) < 4.78 is 27.1. The largest absolute Gasteiger partial charge is 0.293 e. The molecule has 0 bridgehead atoms. The molecule has 0 unspecified atom stereocenters. The lowest BCUT2D eigenvalue weighted by atomic mass is 10.3. The molecule has 10 heteroatoms. The number of hydrogen-bond donors (Lipinski definition) is 1. The summed E-state index contributed by atoms with van der Waals surface area (Å²) in [6.45, 7) is 0. The molecule has 1 aromatic heterocycles. The van der Waals surface area contributed by atoms with Crippen molar-refractivity contribution in [1.82, 2.24) is 0 Å². The van der Waals surface area contributed by atoms with Crippen LogP contribution in [0.5, 0.6) is 0 Å². The first-order chi connectivity index (χ1) is 9.29. The van der Waals surface area contributed by atoms with E-state index in [0.29, 0.717) is 3.79 Å². The Labute approximate surface area is 131 Å². The third-order valence-electron chi connectivity index (χ3n) is 2.21. The number of nitrogens with one attached hydrogen (secondary N) is 1. The van der Waals surface area contributed by atoms with Crippen molar-refractivity contribution >= 4 is 60.3 Å². The van der Waals surface area contributed by atoms with Gasteiger partial charge >= 0.3 is 0 Å². The van der Waals surface area contributed by atoms with E-state index >= 15 is 0 Å². The van der Waals surface area contributed by atoms with Gasteiger partial charge in [-0.15, -0.1) is 11.3 Å². The summed E-state index contributed by atoms with van der Waals surface area (Å²) in [7, 11) is -3.89. The molecule has 0 spiro atoms. The number of benzene rings is 1. The third kappa shape index (κ3) is 3.29. The van der Waals surface area contributed by atoms with E-state index in [1.807, 2.05) is 0 Å². The van der Waals surface area contributed by atoms with Crippen LogP contribution in [0.2, 0.25) is 5.02 Å². The molecule has 0 saturated carbocycles. The minimum Gasteiger partial charge on any atom is -0.272 e. The lowest BCUT2D eigenvalue weighted by Gasteiger charge is -2.07. The maximum atomic E-state index is 12.1. The number of thiophene rings is 1. The highest BCUT2D eigenvalue weighted by atomic mass is 79.9. The van der Waals surface area contributed by atoms with E-state index in [1.54, 1.807) is 6.07 Å². The van der Waals surface area contributed by atoms with E-state index in [9.17, 15) is 18.5 Å². The van der Waals surface area contributed by atoms with Crippen LogP contribution in [0.1, 0.15) is 0 Å². The predicted molar refractivity (Wildman–Crippen MR) is 80.9 cm³/mol. The van der Waals surface area contributed by atoms with Crippen molar-refractivity contribution in [3.8, 4) is 0 Å². The smallest absolute Gasteiger partial charge is 0.272 e. The second-order valence-corrected chi connectivity index (χ2v) is 8.39. The first-order valence-corrected chi connectivity index (χ1v) is 8.49. The second-order valence-electron chi connectivity index (χ2n) is 3.58. The molecule has 20 heavy (non-hydrogen) atoms. The van der Waals surface area contributed by atoms with Gasteiger partial charge in [-0.2, -0.15) is 0 Å². The molecule has 0 aliphatic carbocycles. The molecule has 0 aliphatic heterocycles. The molecule has 2 rings (SSSR count). The maximum absolute atomic E-state index is 12.1. The quantitative estimate of drug-likeness (QED) is 0.626. The Bertz CT molecular complexity index is 775. The van der Waals surface area contributed by atoms with Crippen LogP contribution in [0.3, 0.4) is 0 Å². The molecule has 1 N–H and O–H groups in total. The van der Waals surface area contributed by atoms with Gasteiger partial charge in [-0.05, 0) is 40.2 Å². The fourth-order valence-corrected chi connectivity index (χ4v) is 4.63. The van der Waals surface area contributed by atoms with Gasteiger partial charge in [-0.1, -0.05) is 11.6 Å².